The fraction of sp³-hybridized carbons (Fsp3) is 0.481. The van der Waals surface area contributed by atoms with Crippen LogP contribution in [0.3, 0.4) is 0 Å². The van der Waals surface area contributed by atoms with Crippen LogP contribution in [0.1, 0.15) is 51.9 Å². The van der Waals surface area contributed by atoms with Gasteiger partial charge >= 0.3 is 6.09 Å². The lowest BCUT2D eigenvalue weighted by atomic mass is 9.80. The van der Waals surface area contributed by atoms with Crippen molar-refractivity contribution in [2.45, 2.75) is 57.9 Å². The molecular weight excluding hydrogens is 416 g/mol. The van der Waals surface area contributed by atoms with Crippen molar-refractivity contribution in [3.63, 3.8) is 0 Å². The fourth-order valence-electron chi connectivity index (χ4n) is 5.12. The van der Waals surface area contributed by atoms with E-state index in [0.29, 0.717) is 13.1 Å². The summed E-state index contributed by atoms with van der Waals surface area (Å²) in [7, 11) is 0. The molecule has 4 aliphatic rings. The third-order valence-corrected chi connectivity index (χ3v) is 6.77. The normalized spacial score (nSPS) is 21.0. The van der Waals surface area contributed by atoms with Gasteiger partial charge in [0.2, 0.25) is 5.91 Å². The predicted molar refractivity (Wildman–Crippen MR) is 128 cm³/mol. The van der Waals surface area contributed by atoms with Crippen molar-refractivity contribution < 1.29 is 19.4 Å². The summed E-state index contributed by atoms with van der Waals surface area (Å²) in [6.45, 7) is 3.00. The quantitative estimate of drug-likeness (QED) is 0.656. The molecule has 6 nitrogen and oxygen atoms in total. The standard InChI is InChI=1S/C27H34N2O4/c1-2-33-27(32)28-22(18-30)17-25(31)29-15-13-21(14-16-29)26-23-9-5-3-7-19(23)11-12-20-8-4-6-10-24(20)26/h3-4,7-8,11-12,22,30H,2,5-6,9-10,13-18H2,1H3,(H,28,32)/t22-/m1/s1. The first kappa shape index (κ1) is 23.3. The smallest absolute Gasteiger partial charge is 0.407 e. The highest BCUT2D eigenvalue weighted by Gasteiger charge is 2.28. The number of aliphatic hydroxyl groups is 1. The first-order valence-corrected chi connectivity index (χ1v) is 12.1. The Morgan fingerprint density at radius 1 is 1.00 bits per heavy atom. The monoisotopic (exact) mass is 450 g/mol. The molecule has 4 rings (SSSR count). The van der Waals surface area contributed by atoms with E-state index in [1.165, 1.54) is 33.4 Å². The Morgan fingerprint density at radius 2 is 1.61 bits per heavy atom. The number of aliphatic hydroxyl groups excluding tert-OH is 1. The van der Waals surface area contributed by atoms with E-state index in [4.69, 9.17) is 4.74 Å². The lowest BCUT2D eigenvalue weighted by molar-refractivity contribution is -0.132. The molecule has 0 aromatic rings. The number of hydrogen-bond donors (Lipinski definition) is 2. The molecule has 1 fully saturated rings. The number of piperidine rings is 1. The maximum absolute atomic E-state index is 12.9. The number of rotatable bonds is 5. The van der Waals surface area contributed by atoms with Crippen molar-refractivity contribution in [2.24, 2.45) is 0 Å². The predicted octanol–water partition coefficient (Wildman–Crippen LogP) is 4.27. The number of carbonyl (C=O) groups is 2. The number of alkyl carbamates (subject to hydrolysis) is 1. The van der Waals surface area contributed by atoms with Gasteiger partial charge in [-0.15, -0.1) is 0 Å². The molecule has 2 amide bonds. The SMILES string of the molecule is CCOC(=O)N[C@@H](CO)CC(=O)N1CCC(=C2C3=C(C=CCC3)C=CC3=C2CCC=C3)CC1. The van der Waals surface area contributed by atoms with Crippen LogP contribution < -0.4 is 5.32 Å². The summed E-state index contributed by atoms with van der Waals surface area (Å²) in [5.41, 5.74) is 8.46. The van der Waals surface area contributed by atoms with E-state index >= 15 is 0 Å². The lowest BCUT2D eigenvalue weighted by Crippen LogP contribution is -2.44. The number of likely N-dealkylation sites (tertiary alicyclic amines) is 1. The molecule has 1 saturated heterocycles. The van der Waals surface area contributed by atoms with E-state index < -0.39 is 12.1 Å². The van der Waals surface area contributed by atoms with Gasteiger partial charge in [0.05, 0.1) is 19.3 Å². The van der Waals surface area contributed by atoms with Crippen LogP contribution >= 0.6 is 0 Å². The Hall–Kier alpha value is -2.86. The van der Waals surface area contributed by atoms with Crippen molar-refractivity contribution >= 4 is 12.0 Å². The summed E-state index contributed by atoms with van der Waals surface area (Å²) in [5, 5.41) is 12.1. The maximum Gasteiger partial charge on any atom is 0.407 e. The highest BCUT2D eigenvalue weighted by Crippen LogP contribution is 2.42. The number of nitrogens with one attached hydrogen (secondary N) is 1. The van der Waals surface area contributed by atoms with Crippen molar-refractivity contribution in [1.29, 1.82) is 0 Å². The van der Waals surface area contributed by atoms with E-state index in [9.17, 15) is 14.7 Å². The molecule has 0 saturated carbocycles. The molecule has 0 unspecified atom stereocenters. The summed E-state index contributed by atoms with van der Waals surface area (Å²) >= 11 is 0. The van der Waals surface area contributed by atoms with Crippen LogP contribution in [0.4, 0.5) is 4.79 Å². The molecule has 6 heteroatoms. The summed E-state index contributed by atoms with van der Waals surface area (Å²) in [6.07, 6.45) is 19.0. The maximum atomic E-state index is 12.9. The van der Waals surface area contributed by atoms with Crippen molar-refractivity contribution in [3.8, 4) is 0 Å². The summed E-state index contributed by atoms with van der Waals surface area (Å²) in [5.74, 6) is -0.0431. The van der Waals surface area contributed by atoms with Gasteiger partial charge in [0.15, 0.2) is 0 Å². The number of allylic oxidation sites excluding steroid dienone is 11. The molecule has 1 aliphatic heterocycles. The fourth-order valence-corrected chi connectivity index (χ4v) is 5.12. The molecule has 0 aromatic heterocycles. The van der Waals surface area contributed by atoms with Crippen LogP contribution in [0.25, 0.3) is 0 Å². The van der Waals surface area contributed by atoms with Crippen LogP contribution in [0.15, 0.2) is 69.9 Å². The molecule has 2 N–H and O–H groups in total. The molecule has 3 aliphatic carbocycles. The minimum atomic E-state index is -0.632. The zero-order valence-electron chi connectivity index (χ0n) is 19.4. The number of hydrogen-bond acceptors (Lipinski definition) is 4. The van der Waals surface area contributed by atoms with Crippen LogP contribution in [0.2, 0.25) is 0 Å². The molecule has 0 spiro atoms. The first-order valence-electron chi connectivity index (χ1n) is 12.1. The second-order valence-corrected chi connectivity index (χ2v) is 8.89. The molecule has 33 heavy (non-hydrogen) atoms. The van der Waals surface area contributed by atoms with Crippen LogP contribution in [-0.4, -0.2) is 54.4 Å². The van der Waals surface area contributed by atoms with Gasteiger partial charge in [-0.05, 0) is 73.3 Å². The second-order valence-electron chi connectivity index (χ2n) is 8.89. The van der Waals surface area contributed by atoms with E-state index in [0.717, 1.165) is 38.5 Å². The largest absolute Gasteiger partial charge is 0.450 e. The average molecular weight is 451 g/mol. The Bertz CT molecular complexity index is 926. The van der Waals surface area contributed by atoms with E-state index in [-0.39, 0.29) is 25.5 Å². The van der Waals surface area contributed by atoms with E-state index in [2.05, 4.69) is 41.8 Å². The van der Waals surface area contributed by atoms with Gasteiger partial charge in [0, 0.05) is 19.5 Å². The number of nitrogens with zero attached hydrogens (tertiary/aromatic N) is 1. The minimum Gasteiger partial charge on any atom is -0.450 e. The Labute approximate surface area is 196 Å². The first-order chi connectivity index (χ1) is 16.1. The average Bonchev–Trinajstić information content (AvgIpc) is 3.01. The van der Waals surface area contributed by atoms with Gasteiger partial charge < -0.3 is 20.1 Å². The summed E-state index contributed by atoms with van der Waals surface area (Å²) in [6, 6.07) is -0.632. The van der Waals surface area contributed by atoms with Gasteiger partial charge in [0.1, 0.15) is 0 Å². The topological polar surface area (TPSA) is 78.9 Å². The minimum absolute atomic E-state index is 0.0431. The number of ether oxygens (including phenoxy) is 1. The number of carbonyl (C=O) groups excluding carboxylic acids is 2. The number of amides is 2. The second kappa shape index (κ2) is 10.8. The molecule has 0 aromatic carbocycles. The van der Waals surface area contributed by atoms with E-state index in [1.807, 2.05) is 4.90 Å². The molecule has 0 radical (unpaired) electrons. The highest BCUT2D eigenvalue weighted by molar-refractivity contribution is 5.78. The van der Waals surface area contributed by atoms with Gasteiger partial charge in [-0.3, -0.25) is 4.79 Å². The zero-order valence-corrected chi connectivity index (χ0v) is 19.4. The highest BCUT2D eigenvalue weighted by atomic mass is 16.5. The van der Waals surface area contributed by atoms with Gasteiger partial charge in [-0.25, -0.2) is 4.79 Å². The van der Waals surface area contributed by atoms with Crippen LogP contribution in [0.5, 0.6) is 0 Å². The van der Waals surface area contributed by atoms with Gasteiger partial charge in [-0.2, -0.15) is 0 Å². The Morgan fingerprint density at radius 3 is 2.15 bits per heavy atom. The van der Waals surface area contributed by atoms with Gasteiger partial charge in [-0.1, -0.05) is 42.0 Å². The molecular formula is C27H34N2O4. The van der Waals surface area contributed by atoms with Crippen molar-refractivity contribution in [3.05, 3.63) is 69.9 Å². The summed E-state index contributed by atoms with van der Waals surface area (Å²) < 4.78 is 4.86. The molecule has 176 valence electrons. The third kappa shape index (κ3) is 5.38. The molecule has 1 heterocycles. The van der Waals surface area contributed by atoms with E-state index in [1.54, 1.807) is 6.92 Å². The Kier molecular flexibility index (Phi) is 7.65. The lowest BCUT2D eigenvalue weighted by Gasteiger charge is -2.33. The van der Waals surface area contributed by atoms with Crippen molar-refractivity contribution in [2.75, 3.05) is 26.3 Å². The zero-order chi connectivity index (χ0) is 23.2. The van der Waals surface area contributed by atoms with Gasteiger partial charge in [0.25, 0.3) is 0 Å². The third-order valence-electron chi connectivity index (χ3n) is 6.77. The summed E-state index contributed by atoms with van der Waals surface area (Å²) in [4.78, 5) is 26.4. The Balaban J connectivity index is 1.49. The molecule has 1 atom stereocenters. The van der Waals surface area contributed by atoms with Crippen LogP contribution in [0, 0.1) is 0 Å². The van der Waals surface area contributed by atoms with Crippen LogP contribution in [-0.2, 0) is 9.53 Å². The van der Waals surface area contributed by atoms with Crippen molar-refractivity contribution in [1.82, 2.24) is 10.2 Å². The molecule has 0 bridgehead atoms.